The number of carbonyl (C=O) groups excluding carboxylic acids is 1. The molecule has 132 valence electrons. The Bertz CT molecular complexity index is 1130. The van der Waals surface area contributed by atoms with E-state index in [1.807, 2.05) is 60.7 Å². The predicted molar refractivity (Wildman–Crippen MR) is 103 cm³/mol. The van der Waals surface area contributed by atoms with Crippen LogP contribution in [0.5, 0.6) is 0 Å². The Morgan fingerprint density at radius 1 is 0.963 bits per heavy atom. The molecule has 0 atom stereocenters. The average Bonchev–Trinajstić information content (AvgIpc) is 3.13. The SMILES string of the molecule is O=C1c2c(nnn2Cc2cccc3cccnc23)CCN1c1ccccc1. The summed E-state index contributed by atoms with van der Waals surface area (Å²) in [6.45, 7) is 1.08. The molecule has 6 heteroatoms. The molecule has 0 spiro atoms. The molecule has 1 amide bonds. The molecule has 0 saturated heterocycles. The standard InChI is InChI=1S/C21H17N5O/c27-21-20-18(11-13-25(21)17-9-2-1-3-10-17)23-24-26(20)14-16-7-4-6-15-8-5-12-22-19(15)16/h1-10,12H,11,13-14H2. The van der Waals surface area contributed by atoms with Gasteiger partial charge in [0, 0.05) is 30.2 Å². The quantitative estimate of drug-likeness (QED) is 0.566. The van der Waals surface area contributed by atoms with Crippen LogP contribution in [0, 0.1) is 0 Å². The molecule has 0 fully saturated rings. The summed E-state index contributed by atoms with van der Waals surface area (Å²) >= 11 is 0. The number of anilines is 1. The van der Waals surface area contributed by atoms with Gasteiger partial charge in [-0.1, -0.05) is 47.7 Å². The van der Waals surface area contributed by atoms with Crippen LogP contribution in [0.1, 0.15) is 21.7 Å². The number of amides is 1. The minimum Gasteiger partial charge on any atom is -0.307 e. The third kappa shape index (κ3) is 2.66. The number of pyridine rings is 1. The molecule has 0 unspecified atom stereocenters. The lowest BCUT2D eigenvalue weighted by Crippen LogP contribution is -2.39. The summed E-state index contributed by atoms with van der Waals surface area (Å²) in [5.41, 5.74) is 4.17. The van der Waals surface area contributed by atoms with Gasteiger partial charge in [-0.3, -0.25) is 9.78 Å². The Balaban J connectivity index is 1.53. The Labute approximate surface area is 156 Å². The fourth-order valence-electron chi connectivity index (χ4n) is 3.62. The zero-order valence-corrected chi connectivity index (χ0v) is 14.6. The van der Waals surface area contributed by atoms with Gasteiger partial charge < -0.3 is 4.90 Å². The lowest BCUT2D eigenvalue weighted by molar-refractivity contribution is 0.0970. The molecule has 4 aromatic rings. The van der Waals surface area contributed by atoms with Crippen LogP contribution in [0.4, 0.5) is 5.69 Å². The first-order chi connectivity index (χ1) is 13.3. The van der Waals surface area contributed by atoms with E-state index in [-0.39, 0.29) is 5.91 Å². The van der Waals surface area contributed by atoms with Gasteiger partial charge in [-0.25, -0.2) is 4.68 Å². The van der Waals surface area contributed by atoms with Crippen LogP contribution in [-0.2, 0) is 13.0 Å². The predicted octanol–water partition coefficient (Wildman–Crippen LogP) is 3.08. The van der Waals surface area contributed by atoms with Gasteiger partial charge in [0.2, 0.25) is 0 Å². The van der Waals surface area contributed by atoms with Gasteiger partial charge in [0.05, 0.1) is 17.8 Å². The van der Waals surface area contributed by atoms with Crippen molar-refractivity contribution in [3.63, 3.8) is 0 Å². The number of para-hydroxylation sites is 2. The van der Waals surface area contributed by atoms with Crippen molar-refractivity contribution in [2.24, 2.45) is 0 Å². The van der Waals surface area contributed by atoms with Crippen molar-refractivity contribution in [2.45, 2.75) is 13.0 Å². The number of hydrogen-bond donors (Lipinski definition) is 0. The van der Waals surface area contributed by atoms with Crippen LogP contribution < -0.4 is 4.90 Å². The molecule has 0 saturated carbocycles. The van der Waals surface area contributed by atoms with E-state index in [4.69, 9.17) is 0 Å². The van der Waals surface area contributed by atoms with Crippen molar-refractivity contribution in [1.82, 2.24) is 20.0 Å². The second kappa shape index (κ2) is 6.32. The zero-order valence-electron chi connectivity index (χ0n) is 14.6. The molecule has 0 aliphatic carbocycles. The summed E-state index contributed by atoms with van der Waals surface area (Å²) in [6, 6.07) is 19.7. The van der Waals surface area contributed by atoms with Crippen LogP contribution in [0.15, 0.2) is 66.9 Å². The van der Waals surface area contributed by atoms with Gasteiger partial charge in [0.1, 0.15) is 0 Å². The maximum atomic E-state index is 13.2. The molecule has 0 bridgehead atoms. The van der Waals surface area contributed by atoms with E-state index in [1.54, 1.807) is 15.8 Å². The Kier molecular flexibility index (Phi) is 3.67. The third-order valence-corrected chi connectivity index (χ3v) is 4.93. The van der Waals surface area contributed by atoms with Gasteiger partial charge in [-0.05, 0) is 23.8 Å². The van der Waals surface area contributed by atoms with E-state index in [1.165, 1.54) is 0 Å². The number of nitrogens with zero attached hydrogens (tertiary/aromatic N) is 5. The first-order valence-corrected chi connectivity index (χ1v) is 8.93. The maximum Gasteiger partial charge on any atom is 0.278 e. The smallest absolute Gasteiger partial charge is 0.278 e. The normalized spacial score (nSPS) is 13.8. The largest absolute Gasteiger partial charge is 0.307 e. The number of aromatic nitrogens is 4. The molecule has 5 rings (SSSR count). The topological polar surface area (TPSA) is 63.9 Å². The highest BCUT2D eigenvalue weighted by Gasteiger charge is 2.31. The van der Waals surface area contributed by atoms with Crippen molar-refractivity contribution in [1.29, 1.82) is 0 Å². The van der Waals surface area contributed by atoms with E-state index in [0.29, 0.717) is 25.2 Å². The second-order valence-corrected chi connectivity index (χ2v) is 6.58. The van der Waals surface area contributed by atoms with Crippen LogP contribution in [0.3, 0.4) is 0 Å². The lowest BCUT2D eigenvalue weighted by atomic mass is 10.1. The van der Waals surface area contributed by atoms with E-state index in [9.17, 15) is 4.79 Å². The zero-order chi connectivity index (χ0) is 18.2. The summed E-state index contributed by atoms with van der Waals surface area (Å²) in [5.74, 6) is -0.0550. The maximum absolute atomic E-state index is 13.2. The minimum atomic E-state index is -0.0550. The average molecular weight is 355 g/mol. The molecule has 6 nitrogen and oxygen atoms in total. The molecule has 1 aliphatic rings. The summed E-state index contributed by atoms with van der Waals surface area (Å²) in [4.78, 5) is 19.5. The van der Waals surface area contributed by atoms with Crippen molar-refractivity contribution in [3.8, 4) is 0 Å². The number of benzene rings is 2. The number of fused-ring (bicyclic) bond motifs is 2. The number of carbonyl (C=O) groups is 1. The van der Waals surface area contributed by atoms with E-state index >= 15 is 0 Å². The second-order valence-electron chi connectivity index (χ2n) is 6.58. The van der Waals surface area contributed by atoms with Crippen LogP contribution >= 0.6 is 0 Å². The van der Waals surface area contributed by atoms with Gasteiger partial charge in [0.25, 0.3) is 5.91 Å². The van der Waals surface area contributed by atoms with Crippen molar-refractivity contribution >= 4 is 22.5 Å². The van der Waals surface area contributed by atoms with E-state index in [0.717, 1.165) is 27.8 Å². The molecule has 2 aromatic heterocycles. The summed E-state index contributed by atoms with van der Waals surface area (Å²) in [7, 11) is 0. The lowest BCUT2D eigenvalue weighted by Gasteiger charge is -2.26. The molecular formula is C21H17N5O. The summed E-state index contributed by atoms with van der Waals surface area (Å²) < 4.78 is 1.70. The molecule has 27 heavy (non-hydrogen) atoms. The van der Waals surface area contributed by atoms with Crippen molar-refractivity contribution < 1.29 is 4.79 Å². The van der Waals surface area contributed by atoms with Gasteiger partial charge in [-0.15, -0.1) is 5.10 Å². The van der Waals surface area contributed by atoms with Gasteiger partial charge in [-0.2, -0.15) is 0 Å². The molecule has 3 heterocycles. The van der Waals surface area contributed by atoms with Crippen LogP contribution in [0.2, 0.25) is 0 Å². The molecule has 1 aliphatic heterocycles. The van der Waals surface area contributed by atoms with Crippen LogP contribution in [-0.4, -0.2) is 32.4 Å². The Morgan fingerprint density at radius 2 is 1.81 bits per heavy atom. The monoisotopic (exact) mass is 355 g/mol. The fourth-order valence-corrected chi connectivity index (χ4v) is 3.62. The third-order valence-electron chi connectivity index (χ3n) is 4.93. The fraction of sp³-hybridized carbons (Fsp3) is 0.143. The highest BCUT2D eigenvalue weighted by molar-refractivity contribution is 6.06. The summed E-state index contributed by atoms with van der Waals surface area (Å²) in [5, 5.41) is 9.60. The minimum absolute atomic E-state index is 0.0550. The Hall–Kier alpha value is -3.54. The van der Waals surface area contributed by atoms with Crippen molar-refractivity contribution in [2.75, 3.05) is 11.4 Å². The number of rotatable bonds is 3. The number of hydrogen-bond acceptors (Lipinski definition) is 4. The van der Waals surface area contributed by atoms with Gasteiger partial charge in [0.15, 0.2) is 5.69 Å². The van der Waals surface area contributed by atoms with E-state index < -0.39 is 0 Å². The van der Waals surface area contributed by atoms with Crippen molar-refractivity contribution in [3.05, 3.63) is 83.8 Å². The van der Waals surface area contributed by atoms with Gasteiger partial charge >= 0.3 is 0 Å². The van der Waals surface area contributed by atoms with Crippen LogP contribution in [0.25, 0.3) is 10.9 Å². The molecule has 0 N–H and O–H groups in total. The molecular weight excluding hydrogens is 338 g/mol. The van der Waals surface area contributed by atoms with E-state index in [2.05, 4.69) is 15.3 Å². The highest BCUT2D eigenvalue weighted by atomic mass is 16.2. The molecule has 0 radical (unpaired) electrons. The molecule has 2 aromatic carbocycles. The first-order valence-electron chi connectivity index (χ1n) is 8.93. The Morgan fingerprint density at radius 3 is 2.70 bits per heavy atom. The highest BCUT2D eigenvalue weighted by Crippen LogP contribution is 2.24. The summed E-state index contributed by atoms with van der Waals surface area (Å²) in [6.07, 6.45) is 2.48. The first kappa shape index (κ1) is 15.7.